The van der Waals surface area contributed by atoms with Crippen LogP contribution in [0.1, 0.15) is 5.56 Å². The van der Waals surface area contributed by atoms with Gasteiger partial charge >= 0.3 is 0 Å². The predicted molar refractivity (Wildman–Crippen MR) is 90.3 cm³/mol. The maximum Gasteiger partial charge on any atom is 0.227 e. The predicted octanol–water partition coefficient (Wildman–Crippen LogP) is 5.16. The molecular weight excluding hydrogens is 323 g/mol. The van der Waals surface area contributed by atoms with Gasteiger partial charge in [-0.1, -0.05) is 23.2 Å². The third kappa shape index (κ3) is 2.49. The van der Waals surface area contributed by atoms with E-state index in [2.05, 4.69) is 10.3 Å². The number of hydrogen-bond acceptors (Lipinski definition) is 4. The van der Waals surface area contributed by atoms with Gasteiger partial charge in [0.15, 0.2) is 11.3 Å². The van der Waals surface area contributed by atoms with Crippen LogP contribution < -0.4 is 10.1 Å². The first-order chi connectivity index (χ1) is 10.5. The van der Waals surface area contributed by atoms with Crippen LogP contribution >= 0.6 is 23.2 Å². The number of aromatic nitrogens is 1. The van der Waals surface area contributed by atoms with Gasteiger partial charge in [-0.2, -0.15) is 0 Å². The lowest BCUT2D eigenvalue weighted by Gasteiger charge is -2.06. The zero-order chi connectivity index (χ0) is 15.9. The van der Waals surface area contributed by atoms with Gasteiger partial charge in [-0.3, -0.25) is 0 Å². The normalized spacial score (nSPS) is 11.0. The smallest absolute Gasteiger partial charge is 0.227 e. The SMILES string of the molecule is CNc1cc(C)c2oc(-c3cc(Cl)c(OC)c(Cl)c3)nc2c1. The number of methoxy groups -OCH3 is 1. The highest BCUT2D eigenvalue weighted by molar-refractivity contribution is 6.37. The summed E-state index contributed by atoms with van der Waals surface area (Å²) in [7, 11) is 3.39. The highest BCUT2D eigenvalue weighted by Crippen LogP contribution is 2.38. The molecule has 22 heavy (non-hydrogen) atoms. The molecule has 0 saturated carbocycles. The molecule has 0 radical (unpaired) electrons. The fourth-order valence-electron chi connectivity index (χ4n) is 2.35. The van der Waals surface area contributed by atoms with Gasteiger partial charge < -0.3 is 14.5 Å². The van der Waals surface area contributed by atoms with Crippen LogP contribution in [0, 0.1) is 6.92 Å². The second kappa shape index (κ2) is 5.71. The minimum absolute atomic E-state index is 0.417. The Balaban J connectivity index is 2.17. The van der Waals surface area contributed by atoms with Crippen LogP contribution in [0.5, 0.6) is 5.75 Å². The molecule has 3 aromatic rings. The van der Waals surface area contributed by atoms with Gasteiger partial charge in [0.25, 0.3) is 0 Å². The minimum Gasteiger partial charge on any atom is -0.494 e. The molecule has 0 unspecified atom stereocenters. The number of fused-ring (bicyclic) bond motifs is 1. The summed E-state index contributed by atoms with van der Waals surface area (Å²) in [4.78, 5) is 4.53. The lowest BCUT2D eigenvalue weighted by molar-refractivity contribution is 0.415. The molecule has 0 bridgehead atoms. The molecule has 1 N–H and O–H groups in total. The van der Waals surface area contributed by atoms with Gasteiger partial charge in [-0.25, -0.2) is 4.98 Å². The van der Waals surface area contributed by atoms with E-state index in [1.165, 1.54) is 7.11 Å². The van der Waals surface area contributed by atoms with Gasteiger partial charge in [0.05, 0.1) is 17.2 Å². The van der Waals surface area contributed by atoms with Crippen molar-refractivity contribution in [3.05, 3.63) is 39.9 Å². The third-order valence-electron chi connectivity index (χ3n) is 3.41. The van der Waals surface area contributed by atoms with Crippen LogP contribution in [0.3, 0.4) is 0 Å². The van der Waals surface area contributed by atoms with Crippen molar-refractivity contribution < 1.29 is 9.15 Å². The van der Waals surface area contributed by atoms with E-state index in [-0.39, 0.29) is 0 Å². The maximum atomic E-state index is 6.17. The number of anilines is 1. The fraction of sp³-hybridized carbons (Fsp3) is 0.188. The molecule has 0 atom stereocenters. The summed E-state index contributed by atoms with van der Waals surface area (Å²) in [5.74, 6) is 0.912. The minimum atomic E-state index is 0.417. The number of aryl methyl sites for hydroxylation is 1. The molecule has 0 aliphatic rings. The first-order valence-electron chi connectivity index (χ1n) is 6.66. The van der Waals surface area contributed by atoms with E-state index < -0.39 is 0 Å². The molecule has 0 saturated heterocycles. The van der Waals surface area contributed by atoms with Crippen molar-refractivity contribution in [3.8, 4) is 17.2 Å². The van der Waals surface area contributed by atoms with E-state index in [1.807, 2.05) is 26.1 Å². The zero-order valence-corrected chi connectivity index (χ0v) is 13.8. The number of oxazole rings is 1. The van der Waals surface area contributed by atoms with Crippen LogP contribution in [0.4, 0.5) is 5.69 Å². The number of ether oxygens (including phenoxy) is 1. The molecule has 6 heteroatoms. The number of nitrogens with zero attached hydrogens (tertiary/aromatic N) is 1. The van der Waals surface area contributed by atoms with Crippen molar-refractivity contribution in [1.29, 1.82) is 0 Å². The summed E-state index contributed by atoms with van der Waals surface area (Å²) in [6.07, 6.45) is 0. The summed E-state index contributed by atoms with van der Waals surface area (Å²) in [5.41, 5.74) is 4.22. The second-order valence-electron chi connectivity index (χ2n) is 4.88. The lowest BCUT2D eigenvalue weighted by Crippen LogP contribution is -1.88. The summed E-state index contributed by atoms with van der Waals surface area (Å²) in [6, 6.07) is 7.39. The Morgan fingerprint density at radius 1 is 1.14 bits per heavy atom. The van der Waals surface area contributed by atoms with E-state index in [9.17, 15) is 0 Å². The van der Waals surface area contributed by atoms with Crippen LogP contribution in [0.15, 0.2) is 28.7 Å². The molecule has 0 aliphatic carbocycles. The molecule has 0 spiro atoms. The van der Waals surface area contributed by atoms with Crippen LogP contribution in [0.2, 0.25) is 10.0 Å². The summed E-state index contributed by atoms with van der Waals surface area (Å²) in [6.45, 7) is 1.98. The zero-order valence-electron chi connectivity index (χ0n) is 12.3. The Bertz CT molecular complexity index is 836. The molecule has 1 heterocycles. The molecular formula is C16H14Cl2N2O2. The average molecular weight is 337 g/mol. The van der Waals surface area contributed by atoms with Gasteiger partial charge in [0.2, 0.25) is 5.89 Å². The monoisotopic (exact) mass is 336 g/mol. The van der Waals surface area contributed by atoms with Gasteiger partial charge in [-0.15, -0.1) is 0 Å². The van der Waals surface area contributed by atoms with E-state index in [0.717, 1.165) is 22.4 Å². The van der Waals surface area contributed by atoms with Crippen molar-refractivity contribution >= 4 is 40.0 Å². The molecule has 114 valence electrons. The molecule has 0 amide bonds. The second-order valence-corrected chi connectivity index (χ2v) is 5.70. The summed E-state index contributed by atoms with van der Waals surface area (Å²) in [5, 5.41) is 3.93. The number of halogens is 2. The van der Waals surface area contributed by atoms with Crippen molar-refractivity contribution in [2.24, 2.45) is 0 Å². The Labute approximate surface area is 138 Å². The number of hydrogen-bond donors (Lipinski definition) is 1. The summed E-state index contributed by atoms with van der Waals surface area (Å²) < 4.78 is 11.0. The maximum absolute atomic E-state index is 6.17. The number of benzene rings is 2. The number of nitrogens with one attached hydrogen (secondary N) is 1. The standard InChI is InChI=1S/C16H14Cl2N2O2/c1-8-4-10(19-2)7-13-14(8)22-16(20-13)9-5-11(17)15(21-3)12(18)6-9/h4-7,19H,1-3H3. The number of rotatable bonds is 3. The van der Waals surface area contributed by atoms with Crippen molar-refractivity contribution in [2.45, 2.75) is 6.92 Å². The quantitative estimate of drug-likeness (QED) is 0.717. The third-order valence-corrected chi connectivity index (χ3v) is 3.98. The van der Waals surface area contributed by atoms with E-state index in [4.69, 9.17) is 32.4 Å². The Morgan fingerprint density at radius 2 is 1.82 bits per heavy atom. The van der Waals surface area contributed by atoms with E-state index >= 15 is 0 Å². The lowest BCUT2D eigenvalue weighted by atomic mass is 10.2. The molecule has 4 nitrogen and oxygen atoms in total. The Kier molecular flexibility index (Phi) is 3.89. The van der Waals surface area contributed by atoms with Crippen molar-refractivity contribution in [1.82, 2.24) is 4.98 Å². The first-order valence-corrected chi connectivity index (χ1v) is 7.41. The van der Waals surface area contributed by atoms with Gasteiger partial charge in [0.1, 0.15) is 5.52 Å². The molecule has 2 aromatic carbocycles. The van der Waals surface area contributed by atoms with Crippen LogP contribution in [-0.2, 0) is 0 Å². The van der Waals surface area contributed by atoms with Crippen LogP contribution in [-0.4, -0.2) is 19.1 Å². The fourth-order valence-corrected chi connectivity index (χ4v) is 2.99. The van der Waals surface area contributed by atoms with Gasteiger partial charge in [0, 0.05) is 18.3 Å². The van der Waals surface area contributed by atoms with E-state index in [0.29, 0.717) is 27.2 Å². The molecule has 0 fully saturated rings. The average Bonchev–Trinajstić information content (AvgIpc) is 2.91. The highest BCUT2D eigenvalue weighted by Gasteiger charge is 2.15. The first kappa shape index (κ1) is 15.0. The van der Waals surface area contributed by atoms with Crippen LogP contribution in [0.25, 0.3) is 22.6 Å². The van der Waals surface area contributed by atoms with E-state index in [1.54, 1.807) is 12.1 Å². The molecule has 3 rings (SSSR count). The Hall–Kier alpha value is -1.91. The Morgan fingerprint density at radius 3 is 2.41 bits per heavy atom. The van der Waals surface area contributed by atoms with Gasteiger partial charge in [-0.05, 0) is 36.8 Å². The largest absolute Gasteiger partial charge is 0.494 e. The molecule has 1 aromatic heterocycles. The molecule has 0 aliphatic heterocycles. The van der Waals surface area contributed by atoms with Crippen molar-refractivity contribution in [3.63, 3.8) is 0 Å². The van der Waals surface area contributed by atoms with Crippen molar-refractivity contribution in [2.75, 3.05) is 19.5 Å². The summed E-state index contributed by atoms with van der Waals surface area (Å²) >= 11 is 12.3. The topological polar surface area (TPSA) is 47.3 Å². The highest BCUT2D eigenvalue weighted by atomic mass is 35.5.